The first-order valence-electron chi connectivity index (χ1n) is 6.30. The van der Waals surface area contributed by atoms with Crippen molar-refractivity contribution in [2.24, 2.45) is 0 Å². The van der Waals surface area contributed by atoms with Crippen LogP contribution in [0.3, 0.4) is 0 Å². The zero-order chi connectivity index (χ0) is 15.4. The Morgan fingerprint density at radius 1 is 0.857 bits per heavy atom. The maximum atomic E-state index is 5.37. The second-order valence-corrected chi connectivity index (χ2v) is 6.13. The van der Waals surface area contributed by atoms with E-state index in [2.05, 4.69) is 31.9 Å². The summed E-state index contributed by atoms with van der Waals surface area (Å²) in [7, 11) is 4.91. The van der Waals surface area contributed by atoms with Crippen LogP contribution >= 0.6 is 31.9 Å². The molecule has 1 unspecified atom stereocenters. The van der Waals surface area contributed by atoms with Crippen molar-refractivity contribution in [1.82, 2.24) is 0 Å². The largest absolute Gasteiger partial charge is 0.497 e. The van der Waals surface area contributed by atoms with Crippen molar-refractivity contribution in [3.05, 3.63) is 52.0 Å². The summed E-state index contributed by atoms with van der Waals surface area (Å²) in [5, 5.41) is 0. The molecule has 0 saturated heterocycles. The minimum atomic E-state index is 0.0394. The fourth-order valence-corrected chi connectivity index (χ4v) is 3.56. The fourth-order valence-electron chi connectivity index (χ4n) is 2.02. The van der Waals surface area contributed by atoms with Gasteiger partial charge >= 0.3 is 0 Å². The molecule has 0 aromatic heterocycles. The van der Waals surface area contributed by atoms with Gasteiger partial charge in [-0.2, -0.15) is 0 Å². The van der Waals surface area contributed by atoms with Gasteiger partial charge in [-0.05, 0) is 35.4 Å². The molecule has 0 amide bonds. The smallest absolute Gasteiger partial charge is 0.161 e. The van der Waals surface area contributed by atoms with Crippen molar-refractivity contribution in [2.75, 3.05) is 21.3 Å². The lowest BCUT2D eigenvalue weighted by Gasteiger charge is -2.16. The van der Waals surface area contributed by atoms with Gasteiger partial charge in [0, 0.05) is 4.47 Å². The highest BCUT2D eigenvalue weighted by molar-refractivity contribution is 9.11. The van der Waals surface area contributed by atoms with Crippen LogP contribution in [0.15, 0.2) is 40.9 Å². The monoisotopic (exact) mass is 414 g/mol. The molecule has 0 fully saturated rings. The van der Waals surface area contributed by atoms with E-state index in [1.54, 1.807) is 21.3 Å². The van der Waals surface area contributed by atoms with Crippen LogP contribution in [-0.2, 0) is 0 Å². The van der Waals surface area contributed by atoms with Crippen molar-refractivity contribution in [1.29, 1.82) is 0 Å². The highest BCUT2D eigenvalue weighted by Gasteiger charge is 2.17. The minimum absolute atomic E-state index is 0.0394. The minimum Gasteiger partial charge on any atom is -0.497 e. The third-order valence-electron chi connectivity index (χ3n) is 3.18. The first-order chi connectivity index (χ1) is 10.1. The van der Waals surface area contributed by atoms with E-state index in [-0.39, 0.29) is 4.83 Å². The van der Waals surface area contributed by atoms with Crippen LogP contribution in [0.5, 0.6) is 17.2 Å². The third kappa shape index (κ3) is 3.52. The lowest BCUT2D eigenvalue weighted by molar-refractivity contribution is 0.354. The highest BCUT2D eigenvalue weighted by atomic mass is 79.9. The van der Waals surface area contributed by atoms with Gasteiger partial charge in [0.2, 0.25) is 0 Å². The Labute approximate surface area is 141 Å². The summed E-state index contributed by atoms with van der Waals surface area (Å²) in [5.74, 6) is 2.24. The molecule has 2 aromatic carbocycles. The second-order valence-electron chi connectivity index (χ2n) is 4.36. The van der Waals surface area contributed by atoms with Crippen LogP contribution in [-0.4, -0.2) is 21.3 Å². The van der Waals surface area contributed by atoms with Crippen molar-refractivity contribution in [3.8, 4) is 17.2 Å². The van der Waals surface area contributed by atoms with Gasteiger partial charge in [-0.15, -0.1) is 0 Å². The molecule has 21 heavy (non-hydrogen) atoms. The average molecular weight is 416 g/mol. The van der Waals surface area contributed by atoms with Crippen molar-refractivity contribution < 1.29 is 14.2 Å². The Balaban J connectivity index is 2.39. The summed E-state index contributed by atoms with van der Waals surface area (Å²) in [6.45, 7) is 0. The van der Waals surface area contributed by atoms with Crippen LogP contribution in [0, 0.1) is 0 Å². The predicted molar refractivity (Wildman–Crippen MR) is 91.0 cm³/mol. The number of hydrogen-bond acceptors (Lipinski definition) is 3. The number of methoxy groups -OCH3 is 3. The van der Waals surface area contributed by atoms with Crippen LogP contribution in [0.2, 0.25) is 0 Å². The van der Waals surface area contributed by atoms with Crippen LogP contribution in [0.4, 0.5) is 0 Å². The van der Waals surface area contributed by atoms with E-state index in [4.69, 9.17) is 14.2 Å². The van der Waals surface area contributed by atoms with E-state index in [0.29, 0.717) is 11.5 Å². The van der Waals surface area contributed by atoms with Crippen LogP contribution in [0.25, 0.3) is 0 Å². The lowest BCUT2D eigenvalue weighted by atomic mass is 10.0. The topological polar surface area (TPSA) is 27.7 Å². The maximum Gasteiger partial charge on any atom is 0.161 e. The molecule has 0 aliphatic heterocycles. The van der Waals surface area contributed by atoms with E-state index in [0.717, 1.165) is 21.3 Å². The van der Waals surface area contributed by atoms with E-state index in [9.17, 15) is 0 Å². The van der Waals surface area contributed by atoms with Gasteiger partial charge in [-0.3, -0.25) is 0 Å². The van der Waals surface area contributed by atoms with Gasteiger partial charge in [0.05, 0.1) is 26.2 Å². The molecule has 5 heteroatoms. The highest BCUT2D eigenvalue weighted by Crippen LogP contribution is 2.41. The van der Waals surface area contributed by atoms with Gasteiger partial charge < -0.3 is 14.2 Å². The molecule has 0 saturated carbocycles. The van der Waals surface area contributed by atoms with Crippen molar-refractivity contribution in [2.45, 2.75) is 4.83 Å². The average Bonchev–Trinajstić information content (AvgIpc) is 2.54. The summed E-state index contributed by atoms with van der Waals surface area (Å²) in [6, 6.07) is 11.8. The number of benzene rings is 2. The van der Waals surface area contributed by atoms with Gasteiger partial charge in [-0.1, -0.05) is 44.0 Å². The van der Waals surface area contributed by atoms with Gasteiger partial charge in [-0.25, -0.2) is 0 Å². The quantitative estimate of drug-likeness (QED) is 0.646. The first-order valence-corrected chi connectivity index (χ1v) is 8.01. The van der Waals surface area contributed by atoms with E-state index < -0.39 is 0 Å². The normalized spacial score (nSPS) is 11.9. The zero-order valence-electron chi connectivity index (χ0n) is 12.0. The molecule has 0 bridgehead atoms. The Hall–Kier alpha value is -1.20. The van der Waals surface area contributed by atoms with Crippen molar-refractivity contribution >= 4 is 31.9 Å². The number of rotatable bonds is 5. The summed E-state index contributed by atoms with van der Waals surface area (Å²) in [4.78, 5) is 0.0394. The molecular weight excluding hydrogens is 400 g/mol. The Kier molecular flexibility index (Phi) is 5.53. The summed E-state index contributed by atoms with van der Waals surface area (Å²) >= 11 is 7.32. The molecule has 0 aliphatic carbocycles. The van der Waals surface area contributed by atoms with E-state index in [1.807, 2.05) is 36.4 Å². The first kappa shape index (κ1) is 16.2. The molecule has 3 nitrogen and oxygen atoms in total. The number of hydrogen-bond donors (Lipinski definition) is 0. The fraction of sp³-hybridized carbons (Fsp3) is 0.250. The summed E-state index contributed by atoms with van der Waals surface area (Å²) < 4.78 is 16.8. The molecule has 0 N–H and O–H groups in total. The van der Waals surface area contributed by atoms with E-state index in [1.165, 1.54) is 0 Å². The molecule has 0 aliphatic rings. The lowest BCUT2D eigenvalue weighted by Crippen LogP contribution is -1.98. The molecule has 2 rings (SSSR count). The number of ether oxygens (including phenoxy) is 3. The van der Waals surface area contributed by atoms with E-state index >= 15 is 0 Å². The molecule has 0 radical (unpaired) electrons. The molecular formula is C16H16Br2O3. The molecule has 2 aromatic rings. The molecule has 1 atom stereocenters. The second kappa shape index (κ2) is 7.18. The van der Waals surface area contributed by atoms with Crippen LogP contribution in [0.1, 0.15) is 16.0 Å². The Bertz CT molecular complexity index is 612. The Morgan fingerprint density at radius 2 is 1.43 bits per heavy atom. The maximum absolute atomic E-state index is 5.37. The van der Waals surface area contributed by atoms with Gasteiger partial charge in [0.15, 0.2) is 11.5 Å². The molecule has 112 valence electrons. The standard InChI is InChI=1S/C16H16Br2O3/c1-19-11-6-4-10(5-7-11)16(18)12-8-14(20-2)15(21-3)9-13(12)17/h4-9,16H,1-3H3. The molecule has 0 heterocycles. The number of alkyl halides is 1. The van der Waals surface area contributed by atoms with Gasteiger partial charge in [0.25, 0.3) is 0 Å². The number of halogens is 2. The summed E-state index contributed by atoms with van der Waals surface area (Å²) in [6.07, 6.45) is 0. The van der Waals surface area contributed by atoms with Crippen molar-refractivity contribution in [3.63, 3.8) is 0 Å². The third-order valence-corrected chi connectivity index (χ3v) is 4.89. The molecule has 0 spiro atoms. The van der Waals surface area contributed by atoms with Crippen LogP contribution < -0.4 is 14.2 Å². The summed E-state index contributed by atoms with van der Waals surface area (Å²) in [5.41, 5.74) is 2.20. The predicted octanol–water partition coefficient (Wildman–Crippen LogP) is 4.96. The van der Waals surface area contributed by atoms with Gasteiger partial charge in [0.1, 0.15) is 5.75 Å². The Morgan fingerprint density at radius 3 is 1.95 bits per heavy atom. The zero-order valence-corrected chi connectivity index (χ0v) is 15.2. The SMILES string of the molecule is COc1ccc(C(Br)c2cc(OC)c(OC)cc2Br)cc1.